The van der Waals surface area contributed by atoms with Crippen molar-refractivity contribution in [2.24, 2.45) is 0 Å². The number of nitrogens with zero attached hydrogens (tertiary/aromatic N) is 4. The Kier molecular flexibility index (Phi) is 6.33. The number of ether oxygens (including phenoxy) is 1. The molecule has 0 atom stereocenters. The summed E-state index contributed by atoms with van der Waals surface area (Å²) in [7, 11) is 0. The van der Waals surface area contributed by atoms with E-state index in [0.29, 0.717) is 36.8 Å². The van der Waals surface area contributed by atoms with Gasteiger partial charge in [0.05, 0.1) is 18.9 Å². The third kappa shape index (κ3) is 4.35. The minimum atomic E-state index is -0.973. The smallest absolute Gasteiger partial charge is 0.332 e. The van der Waals surface area contributed by atoms with E-state index < -0.39 is 5.54 Å². The summed E-state index contributed by atoms with van der Waals surface area (Å²) in [5.74, 6) is 0.228. The first kappa shape index (κ1) is 23.0. The molecular formula is C27H26N4O3. The van der Waals surface area contributed by atoms with E-state index in [4.69, 9.17) is 11.3 Å². The first-order chi connectivity index (χ1) is 16.3. The van der Waals surface area contributed by atoms with E-state index in [1.165, 1.54) is 4.90 Å². The van der Waals surface area contributed by atoms with Crippen LogP contribution in [0.4, 0.5) is 16.2 Å². The normalized spacial score (nSPS) is 14.9. The Hall–Kier alpha value is -4.18. The van der Waals surface area contributed by atoms with Crippen LogP contribution >= 0.6 is 0 Å². The van der Waals surface area contributed by atoms with E-state index in [9.17, 15) is 9.59 Å². The highest BCUT2D eigenvalue weighted by atomic mass is 16.5. The van der Waals surface area contributed by atoms with Crippen LogP contribution in [0, 0.1) is 13.5 Å². The van der Waals surface area contributed by atoms with Crippen LogP contribution in [0.3, 0.4) is 0 Å². The van der Waals surface area contributed by atoms with Crippen molar-refractivity contribution >= 4 is 23.3 Å². The summed E-state index contributed by atoms with van der Waals surface area (Å²) < 4.78 is 5.76. The Morgan fingerprint density at radius 3 is 2.44 bits per heavy atom. The van der Waals surface area contributed by atoms with Crippen LogP contribution in [0.5, 0.6) is 5.88 Å². The fourth-order valence-corrected chi connectivity index (χ4v) is 4.01. The molecule has 7 heteroatoms. The van der Waals surface area contributed by atoms with Crippen LogP contribution < -0.4 is 9.64 Å². The molecule has 1 aromatic heterocycles. The van der Waals surface area contributed by atoms with Crippen LogP contribution in [-0.2, 0) is 4.79 Å². The first-order valence-corrected chi connectivity index (χ1v) is 11.1. The number of carbonyl (C=O) groups is 2. The van der Waals surface area contributed by atoms with Gasteiger partial charge in [0, 0.05) is 24.4 Å². The van der Waals surface area contributed by atoms with E-state index in [2.05, 4.69) is 9.83 Å². The summed E-state index contributed by atoms with van der Waals surface area (Å²) in [5, 5.41) is 0. The molecule has 0 unspecified atom stereocenters. The highest BCUT2D eigenvalue weighted by Gasteiger charge is 2.51. The van der Waals surface area contributed by atoms with E-state index >= 15 is 0 Å². The number of aromatic nitrogens is 1. The van der Waals surface area contributed by atoms with E-state index in [-0.39, 0.29) is 11.9 Å². The molecule has 0 aliphatic carbocycles. The largest absolute Gasteiger partial charge is 0.478 e. The van der Waals surface area contributed by atoms with Crippen molar-refractivity contribution in [3.05, 3.63) is 83.8 Å². The topological polar surface area (TPSA) is 67.1 Å². The number of benzene rings is 2. The van der Waals surface area contributed by atoms with Crippen molar-refractivity contribution in [3.63, 3.8) is 0 Å². The Morgan fingerprint density at radius 1 is 1.03 bits per heavy atom. The van der Waals surface area contributed by atoms with Crippen LogP contribution in [0.1, 0.15) is 25.8 Å². The molecule has 1 saturated heterocycles. The van der Waals surface area contributed by atoms with Crippen LogP contribution in [0.2, 0.25) is 0 Å². The van der Waals surface area contributed by atoms with Crippen molar-refractivity contribution in [1.82, 2.24) is 9.88 Å². The zero-order valence-electron chi connectivity index (χ0n) is 19.5. The molecule has 0 N–H and O–H groups in total. The summed E-state index contributed by atoms with van der Waals surface area (Å²) in [6.45, 7) is 13.2. The highest BCUT2D eigenvalue weighted by molar-refractivity contribution is 6.23. The molecule has 0 bridgehead atoms. The quantitative estimate of drug-likeness (QED) is 0.264. The Labute approximate surface area is 199 Å². The average molecular weight is 455 g/mol. The number of carbonyl (C=O) groups excluding carboxylic acids is 2. The fraction of sp³-hybridized carbons (Fsp3) is 0.259. The summed E-state index contributed by atoms with van der Waals surface area (Å²) >= 11 is 0. The predicted molar refractivity (Wildman–Crippen MR) is 131 cm³/mol. The number of hydrogen-bond donors (Lipinski definition) is 0. The van der Waals surface area contributed by atoms with Gasteiger partial charge in [-0.05, 0) is 56.5 Å². The molecule has 3 amide bonds. The molecule has 1 aliphatic heterocycles. The van der Waals surface area contributed by atoms with Gasteiger partial charge >= 0.3 is 6.03 Å². The number of imide groups is 1. The van der Waals surface area contributed by atoms with Gasteiger partial charge in [-0.15, -0.1) is 0 Å². The van der Waals surface area contributed by atoms with Crippen LogP contribution in [-0.4, -0.2) is 40.5 Å². The van der Waals surface area contributed by atoms with Crippen molar-refractivity contribution in [2.45, 2.75) is 32.7 Å². The second-order valence-electron chi connectivity index (χ2n) is 8.67. The zero-order valence-corrected chi connectivity index (χ0v) is 19.5. The Balaban J connectivity index is 1.37. The molecule has 1 fully saturated rings. The molecule has 2 heterocycles. The maximum absolute atomic E-state index is 13.2. The molecule has 172 valence electrons. The second-order valence-corrected chi connectivity index (χ2v) is 8.67. The van der Waals surface area contributed by atoms with Gasteiger partial charge in [0.1, 0.15) is 5.54 Å². The molecule has 0 spiro atoms. The lowest BCUT2D eigenvalue weighted by Crippen LogP contribution is -2.44. The van der Waals surface area contributed by atoms with E-state index in [1.807, 2.05) is 42.5 Å². The summed E-state index contributed by atoms with van der Waals surface area (Å²) in [4.78, 5) is 36.8. The minimum absolute atomic E-state index is 0.286. The summed E-state index contributed by atoms with van der Waals surface area (Å²) in [6.07, 6.45) is 2.32. The Morgan fingerprint density at radius 2 is 1.79 bits per heavy atom. The van der Waals surface area contributed by atoms with Crippen molar-refractivity contribution in [2.75, 3.05) is 18.1 Å². The lowest BCUT2D eigenvalue weighted by molar-refractivity contribution is -0.123. The number of urea groups is 1. The molecule has 4 rings (SSSR count). The number of pyridine rings is 1. The minimum Gasteiger partial charge on any atom is -0.478 e. The molecular weight excluding hydrogens is 428 g/mol. The van der Waals surface area contributed by atoms with Gasteiger partial charge in [-0.2, -0.15) is 0 Å². The average Bonchev–Trinajstić information content (AvgIpc) is 3.01. The third-order valence-corrected chi connectivity index (χ3v) is 6.00. The molecule has 7 nitrogen and oxygen atoms in total. The monoisotopic (exact) mass is 454 g/mol. The fourth-order valence-electron chi connectivity index (χ4n) is 4.01. The van der Waals surface area contributed by atoms with Gasteiger partial charge in [-0.25, -0.2) is 19.5 Å². The van der Waals surface area contributed by atoms with E-state index in [1.54, 1.807) is 50.1 Å². The summed E-state index contributed by atoms with van der Waals surface area (Å²) in [5.41, 5.74) is 2.83. The summed E-state index contributed by atoms with van der Waals surface area (Å²) in [6, 6.07) is 18.4. The second kappa shape index (κ2) is 9.36. The van der Waals surface area contributed by atoms with Crippen molar-refractivity contribution < 1.29 is 14.3 Å². The number of amides is 3. The first-order valence-electron chi connectivity index (χ1n) is 11.1. The maximum atomic E-state index is 13.2. The van der Waals surface area contributed by atoms with Crippen molar-refractivity contribution in [1.29, 1.82) is 0 Å². The van der Waals surface area contributed by atoms with Gasteiger partial charge in [-0.1, -0.05) is 36.4 Å². The molecule has 1 aliphatic rings. The molecule has 2 aromatic carbocycles. The number of hydrogen-bond acceptors (Lipinski definition) is 4. The van der Waals surface area contributed by atoms with Crippen molar-refractivity contribution in [3.8, 4) is 17.0 Å². The predicted octanol–water partition coefficient (Wildman–Crippen LogP) is 5.62. The molecule has 0 saturated carbocycles. The molecule has 3 aromatic rings. The van der Waals surface area contributed by atoms with Gasteiger partial charge in [0.2, 0.25) is 5.88 Å². The van der Waals surface area contributed by atoms with Gasteiger partial charge in [0.25, 0.3) is 5.91 Å². The maximum Gasteiger partial charge on any atom is 0.332 e. The van der Waals surface area contributed by atoms with Gasteiger partial charge in [0.15, 0.2) is 5.69 Å². The lowest BCUT2D eigenvalue weighted by atomic mass is 10.0. The van der Waals surface area contributed by atoms with Crippen LogP contribution in [0.15, 0.2) is 66.9 Å². The Bertz CT molecular complexity index is 1250. The highest BCUT2D eigenvalue weighted by Crippen LogP contribution is 2.34. The van der Waals surface area contributed by atoms with Gasteiger partial charge in [-0.3, -0.25) is 4.79 Å². The number of rotatable bonds is 7. The van der Waals surface area contributed by atoms with Crippen LogP contribution in [0.25, 0.3) is 16.0 Å². The number of aryl methyl sites for hydroxylation is 1. The molecule has 0 radical (unpaired) electrons. The zero-order chi connectivity index (χ0) is 24.3. The SMILES string of the molecule is [C-]#[N+]c1ccc(N2C(=O)N(CCCOc3ccc(-c4ccccc4)cn3)C(C)(C)C2=O)cc1C. The number of anilines is 1. The van der Waals surface area contributed by atoms with E-state index in [0.717, 1.165) is 16.7 Å². The standard InChI is InChI=1S/C27H26N4O3/c1-19-17-22(12-13-23(19)28-4)31-25(32)27(2,3)30(26(31)33)15-8-16-34-24-14-11-21(18-29-24)20-9-6-5-7-10-20/h5-7,9-14,17-18H,8,15-16H2,1-3H3. The molecule has 34 heavy (non-hydrogen) atoms. The third-order valence-electron chi connectivity index (χ3n) is 6.00. The lowest BCUT2D eigenvalue weighted by Gasteiger charge is -2.27. The van der Waals surface area contributed by atoms with Gasteiger partial charge < -0.3 is 9.64 Å².